The van der Waals surface area contributed by atoms with Gasteiger partial charge in [-0.05, 0) is 18.1 Å². The number of benzene rings is 1. The predicted octanol–water partition coefficient (Wildman–Crippen LogP) is 4.00. The van der Waals surface area contributed by atoms with Crippen molar-refractivity contribution < 1.29 is 4.79 Å². The number of aromatic nitrogens is 2. The third-order valence-electron chi connectivity index (χ3n) is 3.33. The fourth-order valence-corrected chi connectivity index (χ4v) is 2.40. The first-order chi connectivity index (χ1) is 9.34. The van der Waals surface area contributed by atoms with Crippen LogP contribution >= 0.6 is 11.6 Å². The molecule has 106 valence electrons. The smallest absolute Gasteiger partial charge is 0.155 e. The summed E-state index contributed by atoms with van der Waals surface area (Å²) >= 11 is 6.31. The van der Waals surface area contributed by atoms with Crippen LogP contribution in [0.1, 0.15) is 48.0 Å². The maximum absolute atomic E-state index is 11.3. The van der Waals surface area contributed by atoms with E-state index in [1.165, 1.54) is 5.56 Å². The van der Waals surface area contributed by atoms with Crippen LogP contribution in [0, 0.1) is 6.92 Å². The van der Waals surface area contributed by atoms with E-state index >= 15 is 0 Å². The van der Waals surface area contributed by atoms with Gasteiger partial charge < -0.3 is 0 Å². The number of halogens is 1. The van der Waals surface area contributed by atoms with E-state index in [1.54, 1.807) is 4.68 Å². The Morgan fingerprint density at radius 2 is 1.95 bits per heavy atom. The molecule has 3 nitrogen and oxygen atoms in total. The standard InChI is InChI=1S/C16H19ClN2O/c1-11-7-5-6-8-12(11)9-19-15(17)13(10-20)14(18-19)16(2,3)4/h5-8,10H,9H2,1-4H3. The number of hydrogen-bond donors (Lipinski definition) is 0. The third kappa shape index (κ3) is 2.78. The highest BCUT2D eigenvalue weighted by Crippen LogP contribution is 2.29. The van der Waals surface area contributed by atoms with E-state index in [0.717, 1.165) is 17.5 Å². The monoisotopic (exact) mass is 290 g/mol. The topological polar surface area (TPSA) is 34.9 Å². The Morgan fingerprint density at radius 3 is 2.45 bits per heavy atom. The maximum Gasteiger partial charge on any atom is 0.155 e. The number of nitrogens with zero attached hydrogens (tertiary/aromatic N) is 2. The summed E-state index contributed by atoms with van der Waals surface area (Å²) in [4.78, 5) is 11.3. The largest absolute Gasteiger partial charge is 0.298 e. The Hall–Kier alpha value is -1.61. The summed E-state index contributed by atoms with van der Waals surface area (Å²) in [5.41, 5.74) is 3.36. The molecule has 1 aromatic heterocycles. The molecule has 0 spiro atoms. The zero-order valence-electron chi connectivity index (χ0n) is 12.3. The second kappa shape index (κ2) is 5.41. The number of carbonyl (C=O) groups excluding carboxylic acids is 1. The van der Waals surface area contributed by atoms with Gasteiger partial charge in [-0.2, -0.15) is 5.10 Å². The zero-order chi connectivity index (χ0) is 14.9. The molecule has 0 saturated carbocycles. The van der Waals surface area contributed by atoms with Crippen molar-refractivity contribution in [3.8, 4) is 0 Å². The van der Waals surface area contributed by atoms with E-state index in [9.17, 15) is 4.79 Å². The van der Waals surface area contributed by atoms with Crippen LogP contribution in [0.4, 0.5) is 0 Å². The first-order valence-electron chi connectivity index (χ1n) is 6.61. The van der Waals surface area contributed by atoms with E-state index in [2.05, 4.69) is 18.1 Å². The molecule has 0 atom stereocenters. The van der Waals surface area contributed by atoms with Crippen molar-refractivity contribution in [2.75, 3.05) is 0 Å². The van der Waals surface area contributed by atoms with Gasteiger partial charge in [-0.1, -0.05) is 56.6 Å². The van der Waals surface area contributed by atoms with E-state index < -0.39 is 0 Å². The molecule has 0 fully saturated rings. The molecule has 20 heavy (non-hydrogen) atoms. The van der Waals surface area contributed by atoms with Gasteiger partial charge in [-0.15, -0.1) is 0 Å². The number of rotatable bonds is 3. The highest BCUT2D eigenvalue weighted by Gasteiger charge is 2.25. The molecule has 0 unspecified atom stereocenters. The van der Waals surface area contributed by atoms with Crippen molar-refractivity contribution in [3.05, 3.63) is 51.8 Å². The lowest BCUT2D eigenvalue weighted by Gasteiger charge is -2.15. The zero-order valence-corrected chi connectivity index (χ0v) is 13.0. The van der Waals surface area contributed by atoms with Crippen LogP contribution in [-0.4, -0.2) is 16.1 Å². The Morgan fingerprint density at radius 1 is 1.30 bits per heavy atom. The van der Waals surface area contributed by atoms with Gasteiger partial charge >= 0.3 is 0 Å². The average Bonchev–Trinajstić information content (AvgIpc) is 2.69. The first-order valence-corrected chi connectivity index (χ1v) is 6.99. The number of hydrogen-bond acceptors (Lipinski definition) is 2. The molecule has 0 radical (unpaired) electrons. The lowest BCUT2D eigenvalue weighted by molar-refractivity contribution is 0.112. The second-order valence-electron chi connectivity index (χ2n) is 6.01. The van der Waals surface area contributed by atoms with Crippen molar-refractivity contribution in [3.63, 3.8) is 0 Å². The minimum Gasteiger partial charge on any atom is -0.298 e. The van der Waals surface area contributed by atoms with Gasteiger partial charge in [0.05, 0.1) is 17.8 Å². The third-order valence-corrected chi connectivity index (χ3v) is 3.73. The summed E-state index contributed by atoms with van der Waals surface area (Å²) < 4.78 is 1.70. The van der Waals surface area contributed by atoms with Crippen LogP contribution < -0.4 is 0 Å². The first kappa shape index (κ1) is 14.8. The van der Waals surface area contributed by atoms with Gasteiger partial charge in [0.1, 0.15) is 5.15 Å². The van der Waals surface area contributed by atoms with Crippen molar-refractivity contribution in [2.24, 2.45) is 0 Å². The fraction of sp³-hybridized carbons (Fsp3) is 0.375. The fourth-order valence-electron chi connectivity index (χ4n) is 2.17. The SMILES string of the molecule is Cc1ccccc1Cn1nc(C(C)(C)C)c(C=O)c1Cl. The molecule has 2 aromatic rings. The number of aldehydes is 1. The summed E-state index contributed by atoms with van der Waals surface area (Å²) in [7, 11) is 0. The molecule has 0 N–H and O–H groups in total. The molecular formula is C16H19ClN2O. The highest BCUT2D eigenvalue weighted by atomic mass is 35.5. The summed E-state index contributed by atoms with van der Waals surface area (Å²) in [6, 6.07) is 8.09. The molecule has 1 heterocycles. The highest BCUT2D eigenvalue weighted by molar-refractivity contribution is 6.32. The van der Waals surface area contributed by atoms with E-state index in [4.69, 9.17) is 11.6 Å². The molecule has 4 heteroatoms. The molecule has 0 amide bonds. The molecule has 0 bridgehead atoms. The Labute approximate surface area is 124 Å². The molecule has 2 rings (SSSR count). The Balaban J connectivity index is 2.46. The molecule has 0 aliphatic heterocycles. The van der Waals surface area contributed by atoms with E-state index in [-0.39, 0.29) is 5.41 Å². The van der Waals surface area contributed by atoms with Crippen LogP contribution in [0.15, 0.2) is 24.3 Å². The van der Waals surface area contributed by atoms with Crippen molar-refractivity contribution >= 4 is 17.9 Å². The lowest BCUT2D eigenvalue weighted by Crippen LogP contribution is -2.15. The van der Waals surface area contributed by atoms with Gasteiger partial charge in [-0.3, -0.25) is 4.79 Å². The molecular weight excluding hydrogens is 272 g/mol. The quantitative estimate of drug-likeness (QED) is 0.801. The Bertz CT molecular complexity index is 638. The minimum atomic E-state index is -0.211. The Kier molecular flexibility index (Phi) is 4.00. The van der Waals surface area contributed by atoms with Crippen LogP contribution in [0.25, 0.3) is 0 Å². The minimum absolute atomic E-state index is 0.211. The summed E-state index contributed by atoms with van der Waals surface area (Å²) in [5, 5.41) is 4.95. The van der Waals surface area contributed by atoms with Crippen LogP contribution in [0.2, 0.25) is 5.15 Å². The number of carbonyl (C=O) groups is 1. The van der Waals surface area contributed by atoms with Gasteiger partial charge in [0.15, 0.2) is 6.29 Å². The maximum atomic E-state index is 11.3. The molecule has 0 saturated heterocycles. The van der Waals surface area contributed by atoms with Crippen LogP contribution in [0.3, 0.4) is 0 Å². The second-order valence-corrected chi connectivity index (χ2v) is 6.36. The van der Waals surface area contributed by atoms with Gasteiger partial charge in [0.2, 0.25) is 0 Å². The predicted molar refractivity (Wildman–Crippen MR) is 81.6 cm³/mol. The normalized spacial score (nSPS) is 11.7. The van der Waals surface area contributed by atoms with Gasteiger partial charge in [-0.25, -0.2) is 4.68 Å². The lowest BCUT2D eigenvalue weighted by atomic mass is 9.90. The summed E-state index contributed by atoms with van der Waals surface area (Å²) in [5.74, 6) is 0. The van der Waals surface area contributed by atoms with E-state index in [1.807, 2.05) is 39.0 Å². The molecule has 0 aliphatic rings. The van der Waals surface area contributed by atoms with Crippen LogP contribution in [0.5, 0.6) is 0 Å². The van der Waals surface area contributed by atoms with Crippen molar-refractivity contribution in [1.29, 1.82) is 0 Å². The average molecular weight is 291 g/mol. The molecule has 1 aromatic carbocycles. The van der Waals surface area contributed by atoms with Crippen molar-refractivity contribution in [1.82, 2.24) is 9.78 Å². The summed E-state index contributed by atoms with van der Waals surface area (Å²) in [6.45, 7) is 8.70. The number of aryl methyl sites for hydroxylation is 1. The van der Waals surface area contributed by atoms with Gasteiger partial charge in [0, 0.05) is 5.41 Å². The van der Waals surface area contributed by atoms with Crippen LogP contribution in [-0.2, 0) is 12.0 Å². The van der Waals surface area contributed by atoms with Gasteiger partial charge in [0.25, 0.3) is 0 Å². The summed E-state index contributed by atoms with van der Waals surface area (Å²) in [6.07, 6.45) is 0.796. The van der Waals surface area contributed by atoms with Crippen molar-refractivity contribution in [2.45, 2.75) is 39.7 Å². The van der Waals surface area contributed by atoms with E-state index in [0.29, 0.717) is 17.3 Å². The molecule has 0 aliphatic carbocycles.